The summed E-state index contributed by atoms with van der Waals surface area (Å²) in [7, 11) is 0. The Morgan fingerprint density at radius 3 is 2.62 bits per heavy atom. The quantitative estimate of drug-likeness (QED) is 0.802. The first kappa shape index (κ1) is 15.6. The number of thiophene rings is 2. The van der Waals surface area contributed by atoms with Crippen molar-refractivity contribution >= 4 is 34.6 Å². The van der Waals surface area contributed by atoms with E-state index in [-0.39, 0.29) is 17.7 Å². The lowest BCUT2D eigenvalue weighted by molar-refractivity contribution is -0.147. The molecule has 124 valence electrons. The van der Waals surface area contributed by atoms with Gasteiger partial charge >= 0.3 is 5.97 Å². The second kappa shape index (κ2) is 6.18. The first-order chi connectivity index (χ1) is 11.6. The summed E-state index contributed by atoms with van der Waals surface area (Å²) in [6.07, 6.45) is 4.75. The molecule has 2 heterocycles. The van der Waals surface area contributed by atoms with Crippen LogP contribution in [0.25, 0.3) is 9.75 Å². The number of carbonyl (C=O) groups is 2. The van der Waals surface area contributed by atoms with E-state index in [2.05, 4.69) is 17.4 Å². The molecule has 2 aliphatic carbocycles. The maximum Gasteiger partial charge on any atom is 0.307 e. The smallest absolute Gasteiger partial charge is 0.307 e. The summed E-state index contributed by atoms with van der Waals surface area (Å²) in [6, 6.07) is 8.20. The van der Waals surface area contributed by atoms with Gasteiger partial charge in [0.1, 0.15) is 0 Å². The standard InChI is InChI=1S/C18H17NO3S2/c20-17(15-10-3-4-11(8-10)16(15)18(21)22)19-9-12-5-6-14(24-12)13-2-1-7-23-13/h1-7,10-11,15-16H,8-9H2,(H,19,20)(H,21,22)/t10-,11+,15-,16-/m0/s1. The van der Waals surface area contributed by atoms with Crippen molar-refractivity contribution < 1.29 is 14.7 Å². The van der Waals surface area contributed by atoms with Crippen molar-refractivity contribution in [2.45, 2.75) is 13.0 Å². The fraction of sp³-hybridized carbons (Fsp3) is 0.333. The Kier molecular flexibility index (Phi) is 4.02. The minimum absolute atomic E-state index is 0.00965. The highest BCUT2D eigenvalue weighted by Crippen LogP contribution is 2.48. The number of carboxylic acids is 1. The first-order valence-electron chi connectivity index (χ1n) is 7.95. The molecule has 1 saturated carbocycles. The fourth-order valence-corrected chi connectivity index (χ4v) is 5.61. The topological polar surface area (TPSA) is 66.4 Å². The number of nitrogens with one attached hydrogen (secondary N) is 1. The molecule has 2 aromatic rings. The van der Waals surface area contributed by atoms with Crippen molar-refractivity contribution in [1.82, 2.24) is 5.32 Å². The van der Waals surface area contributed by atoms with Crippen LogP contribution in [0.2, 0.25) is 0 Å². The summed E-state index contributed by atoms with van der Waals surface area (Å²) in [4.78, 5) is 27.6. The lowest BCUT2D eigenvalue weighted by Crippen LogP contribution is -2.39. The molecule has 0 radical (unpaired) electrons. The van der Waals surface area contributed by atoms with E-state index in [1.165, 1.54) is 9.75 Å². The van der Waals surface area contributed by atoms with E-state index in [0.29, 0.717) is 6.54 Å². The molecule has 0 aromatic carbocycles. The average Bonchev–Trinajstić information content (AvgIpc) is 3.35. The molecule has 24 heavy (non-hydrogen) atoms. The Hall–Kier alpha value is -1.92. The van der Waals surface area contributed by atoms with E-state index < -0.39 is 17.8 Å². The zero-order valence-corrected chi connectivity index (χ0v) is 14.5. The summed E-state index contributed by atoms with van der Waals surface area (Å²) >= 11 is 3.36. The van der Waals surface area contributed by atoms with Gasteiger partial charge in [0.15, 0.2) is 0 Å². The SMILES string of the molecule is O=C(O)[C@@H]1[C@@H](C(=O)NCc2ccc(-c3cccs3)s2)[C@H]2C=C[C@@H]1C2. The lowest BCUT2D eigenvalue weighted by atomic mass is 9.82. The van der Waals surface area contributed by atoms with E-state index >= 15 is 0 Å². The molecule has 1 amide bonds. The zero-order chi connectivity index (χ0) is 16.7. The van der Waals surface area contributed by atoms with Gasteiger partial charge in [-0.3, -0.25) is 9.59 Å². The molecule has 2 aliphatic rings. The molecule has 0 unspecified atom stereocenters. The van der Waals surface area contributed by atoms with Gasteiger partial charge in [-0.05, 0) is 41.8 Å². The van der Waals surface area contributed by atoms with Crippen LogP contribution < -0.4 is 5.32 Å². The van der Waals surface area contributed by atoms with Crippen molar-refractivity contribution in [2.24, 2.45) is 23.7 Å². The van der Waals surface area contributed by atoms with Gasteiger partial charge in [-0.25, -0.2) is 0 Å². The van der Waals surface area contributed by atoms with Crippen LogP contribution in [0.3, 0.4) is 0 Å². The monoisotopic (exact) mass is 359 g/mol. The zero-order valence-electron chi connectivity index (χ0n) is 12.8. The summed E-state index contributed by atoms with van der Waals surface area (Å²) in [5.74, 6) is -1.93. The van der Waals surface area contributed by atoms with Gasteiger partial charge in [-0.1, -0.05) is 18.2 Å². The van der Waals surface area contributed by atoms with Gasteiger partial charge in [0, 0.05) is 14.6 Å². The van der Waals surface area contributed by atoms with Gasteiger partial charge in [0.25, 0.3) is 0 Å². The molecule has 0 saturated heterocycles. The summed E-state index contributed by atoms with van der Waals surface area (Å²) < 4.78 is 0. The van der Waals surface area contributed by atoms with Crippen molar-refractivity contribution in [3.8, 4) is 9.75 Å². The maximum atomic E-state index is 12.6. The van der Waals surface area contributed by atoms with Crippen LogP contribution in [0.5, 0.6) is 0 Å². The largest absolute Gasteiger partial charge is 0.481 e. The minimum atomic E-state index is -0.858. The highest BCUT2D eigenvalue weighted by atomic mass is 32.1. The van der Waals surface area contributed by atoms with Crippen LogP contribution in [0.15, 0.2) is 41.8 Å². The predicted octanol–water partition coefficient (Wildman–Crippen LogP) is 3.62. The van der Waals surface area contributed by atoms with Crippen LogP contribution in [-0.4, -0.2) is 17.0 Å². The Morgan fingerprint density at radius 2 is 1.92 bits per heavy atom. The van der Waals surface area contributed by atoms with Gasteiger partial charge in [-0.2, -0.15) is 0 Å². The third-order valence-corrected chi connectivity index (χ3v) is 7.06. The number of allylic oxidation sites excluding steroid dienone is 2. The molecule has 2 N–H and O–H groups in total. The molecule has 2 bridgehead atoms. The molecule has 4 nitrogen and oxygen atoms in total. The van der Waals surface area contributed by atoms with E-state index in [1.807, 2.05) is 29.7 Å². The van der Waals surface area contributed by atoms with Gasteiger partial charge < -0.3 is 10.4 Å². The fourth-order valence-electron chi connectivity index (χ4n) is 3.83. The summed E-state index contributed by atoms with van der Waals surface area (Å²) in [5, 5.41) is 14.4. The van der Waals surface area contributed by atoms with Crippen LogP contribution >= 0.6 is 22.7 Å². The molecular formula is C18H17NO3S2. The first-order valence-corrected chi connectivity index (χ1v) is 9.64. The van der Waals surface area contributed by atoms with E-state index in [1.54, 1.807) is 22.7 Å². The van der Waals surface area contributed by atoms with Gasteiger partial charge in [-0.15, -0.1) is 22.7 Å². The Labute approximate surface area is 147 Å². The minimum Gasteiger partial charge on any atom is -0.481 e. The van der Waals surface area contributed by atoms with Crippen LogP contribution in [0.4, 0.5) is 0 Å². The van der Waals surface area contributed by atoms with E-state index in [0.717, 1.165) is 11.3 Å². The Bertz CT molecular complexity index is 793. The van der Waals surface area contributed by atoms with Crippen molar-refractivity contribution in [3.05, 3.63) is 46.7 Å². The van der Waals surface area contributed by atoms with Crippen molar-refractivity contribution in [2.75, 3.05) is 0 Å². The lowest BCUT2D eigenvalue weighted by Gasteiger charge is -2.23. The third kappa shape index (κ3) is 2.70. The molecule has 0 aliphatic heterocycles. The third-order valence-electron chi connectivity index (χ3n) is 4.91. The summed E-state index contributed by atoms with van der Waals surface area (Å²) in [5.41, 5.74) is 0. The van der Waals surface area contributed by atoms with Crippen molar-refractivity contribution in [1.29, 1.82) is 0 Å². The number of rotatable bonds is 5. The number of fused-ring (bicyclic) bond motifs is 2. The molecule has 1 fully saturated rings. The molecule has 6 heteroatoms. The van der Waals surface area contributed by atoms with Crippen LogP contribution in [-0.2, 0) is 16.1 Å². The summed E-state index contributed by atoms with van der Waals surface area (Å²) in [6.45, 7) is 0.457. The molecule has 4 atom stereocenters. The normalized spacial score (nSPS) is 27.5. The second-order valence-electron chi connectivity index (χ2n) is 6.30. The molecule has 2 aromatic heterocycles. The van der Waals surface area contributed by atoms with E-state index in [4.69, 9.17) is 0 Å². The van der Waals surface area contributed by atoms with Gasteiger partial charge in [0.05, 0.1) is 18.4 Å². The number of hydrogen-bond donors (Lipinski definition) is 2. The van der Waals surface area contributed by atoms with Crippen LogP contribution in [0, 0.1) is 23.7 Å². The predicted molar refractivity (Wildman–Crippen MR) is 94.8 cm³/mol. The number of aliphatic carboxylic acids is 1. The number of carboxylic acid groups (broad SMARTS) is 1. The van der Waals surface area contributed by atoms with Gasteiger partial charge in [0.2, 0.25) is 5.91 Å². The number of hydrogen-bond acceptors (Lipinski definition) is 4. The average molecular weight is 359 g/mol. The van der Waals surface area contributed by atoms with Crippen molar-refractivity contribution in [3.63, 3.8) is 0 Å². The second-order valence-corrected chi connectivity index (χ2v) is 8.42. The Balaban J connectivity index is 1.42. The number of amides is 1. The maximum absolute atomic E-state index is 12.6. The Morgan fingerprint density at radius 1 is 1.12 bits per heavy atom. The highest BCUT2D eigenvalue weighted by molar-refractivity contribution is 7.21. The molecule has 0 spiro atoms. The number of carbonyl (C=O) groups excluding carboxylic acids is 1. The molecular weight excluding hydrogens is 342 g/mol. The molecule has 4 rings (SSSR count). The highest BCUT2D eigenvalue weighted by Gasteiger charge is 2.51. The van der Waals surface area contributed by atoms with Crippen LogP contribution in [0.1, 0.15) is 11.3 Å². The van der Waals surface area contributed by atoms with E-state index in [9.17, 15) is 14.7 Å².